The molecule has 1 amide bonds. The zero-order valence-corrected chi connectivity index (χ0v) is 16.6. The lowest BCUT2D eigenvalue weighted by Crippen LogP contribution is -2.19. The van der Waals surface area contributed by atoms with Crippen molar-refractivity contribution in [3.63, 3.8) is 0 Å². The molecule has 0 saturated heterocycles. The van der Waals surface area contributed by atoms with Crippen molar-refractivity contribution in [1.29, 1.82) is 0 Å². The van der Waals surface area contributed by atoms with Crippen LogP contribution in [0, 0.1) is 0 Å². The van der Waals surface area contributed by atoms with Crippen molar-refractivity contribution in [2.75, 3.05) is 19.2 Å². The summed E-state index contributed by atoms with van der Waals surface area (Å²) in [5.41, 5.74) is 4.24. The summed E-state index contributed by atoms with van der Waals surface area (Å²) in [5.74, 6) is 2.24. The molecular weight excluding hydrogens is 398 g/mol. The highest BCUT2D eigenvalue weighted by Crippen LogP contribution is 2.32. The van der Waals surface area contributed by atoms with E-state index in [0.29, 0.717) is 18.1 Å². The summed E-state index contributed by atoms with van der Waals surface area (Å²) in [4.78, 5) is 16.5. The first-order valence-electron chi connectivity index (χ1n) is 8.59. The van der Waals surface area contributed by atoms with Gasteiger partial charge in [-0.2, -0.15) is 5.10 Å². The van der Waals surface area contributed by atoms with Gasteiger partial charge >= 0.3 is 0 Å². The quantitative estimate of drug-likeness (QED) is 0.360. The lowest BCUT2D eigenvalue weighted by Gasteiger charge is -2.00. The molecule has 0 aliphatic carbocycles. The van der Waals surface area contributed by atoms with E-state index in [1.807, 2.05) is 43.3 Å². The zero-order valence-electron chi connectivity index (χ0n) is 15.0. The lowest BCUT2D eigenvalue weighted by molar-refractivity contribution is -0.118. The Morgan fingerprint density at radius 2 is 2.21 bits per heavy atom. The third kappa shape index (κ3) is 4.37. The number of ether oxygens (including phenoxy) is 3. The van der Waals surface area contributed by atoms with Crippen molar-refractivity contribution < 1.29 is 19.0 Å². The molecule has 1 N–H and O–H groups in total. The number of carbonyl (C=O) groups excluding carboxylic acids is 1. The molecule has 28 heavy (non-hydrogen) atoms. The Morgan fingerprint density at radius 1 is 1.32 bits per heavy atom. The first kappa shape index (κ1) is 18.6. The molecule has 1 aliphatic rings. The number of thioether (sulfide) groups is 1. The maximum Gasteiger partial charge on any atom is 0.250 e. The lowest BCUT2D eigenvalue weighted by atomic mass is 10.2. The van der Waals surface area contributed by atoms with E-state index < -0.39 is 0 Å². The SMILES string of the molecule is CCOc1ccc2nc(SCC(=O)N/N=C/c3ccc4c(c3)OCO4)sc2c1. The third-order valence-electron chi connectivity index (χ3n) is 3.78. The minimum absolute atomic E-state index is 0.198. The molecule has 2 heterocycles. The van der Waals surface area contributed by atoms with E-state index in [-0.39, 0.29) is 18.5 Å². The number of nitrogens with zero attached hydrogens (tertiary/aromatic N) is 2. The zero-order chi connectivity index (χ0) is 19.3. The molecule has 0 unspecified atom stereocenters. The molecule has 2 aromatic carbocycles. The van der Waals surface area contributed by atoms with Crippen molar-refractivity contribution >= 4 is 45.4 Å². The van der Waals surface area contributed by atoms with Crippen molar-refractivity contribution in [3.8, 4) is 17.2 Å². The summed E-state index contributed by atoms with van der Waals surface area (Å²) in [6.07, 6.45) is 1.57. The van der Waals surface area contributed by atoms with Gasteiger partial charge in [0.05, 0.1) is 28.8 Å². The summed E-state index contributed by atoms with van der Waals surface area (Å²) < 4.78 is 17.9. The number of carbonyl (C=O) groups is 1. The van der Waals surface area contributed by atoms with Crippen LogP contribution in [0.15, 0.2) is 45.8 Å². The highest BCUT2D eigenvalue weighted by molar-refractivity contribution is 8.01. The van der Waals surface area contributed by atoms with Gasteiger partial charge in [0.25, 0.3) is 5.91 Å². The Morgan fingerprint density at radius 3 is 3.11 bits per heavy atom. The number of rotatable bonds is 7. The molecule has 0 fully saturated rings. The minimum atomic E-state index is -0.198. The van der Waals surface area contributed by atoms with Crippen molar-refractivity contribution in [2.24, 2.45) is 5.10 Å². The molecule has 1 aliphatic heterocycles. The summed E-state index contributed by atoms with van der Waals surface area (Å²) in [5, 5.41) is 3.99. The van der Waals surface area contributed by atoms with Crippen LogP contribution in [0.3, 0.4) is 0 Å². The second-order valence-electron chi connectivity index (χ2n) is 5.74. The largest absolute Gasteiger partial charge is 0.494 e. The van der Waals surface area contributed by atoms with Gasteiger partial charge < -0.3 is 14.2 Å². The normalized spacial score (nSPS) is 12.6. The molecule has 7 nitrogen and oxygen atoms in total. The Bertz CT molecular complexity index is 1040. The van der Waals surface area contributed by atoms with E-state index in [9.17, 15) is 4.79 Å². The Balaban J connectivity index is 1.30. The number of hydrogen-bond acceptors (Lipinski definition) is 8. The van der Waals surface area contributed by atoms with E-state index in [4.69, 9.17) is 14.2 Å². The van der Waals surface area contributed by atoms with Crippen LogP contribution in [0.5, 0.6) is 17.2 Å². The molecule has 9 heteroatoms. The van der Waals surface area contributed by atoms with Crippen LogP contribution in [0.4, 0.5) is 0 Å². The van der Waals surface area contributed by atoms with Crippen LogP contribution >= 0.6 is 23.1 Å². The Kier molecular flexibility index (Phi) is 5.63. The minimum Gasteiger partial charge on any atom is -0.494 e. The number of hydrazone groups is 1. The standard InChI is InChI=1S/C19H17N3O4S2/c1-2-24-13-4-5-14-17(8-13)28-19(21-14)27-10-18(23)22-20-9-12-3-6-15-16(7-12)26-11-25-15/h3-9H,2,10-11H2,1H3,(H,22,23)/b20-9+. The molecular formula is C19H17N3O4S2. The first-order valence-corrected chi connectivity index (χ1v) is 10.4. The van der Waals surface area contributed by atoms with Gasteiger partial charge in [-0.05, 0) is 48.9 Å². The predicted octanol–water partition coefficient (Wildman–Crippen LogP) is 3.67. The summed E-state index contributed by atoms with van der Waals surface area (Å²) in [6, 6.07) is 11.3. The number of aromatic nitrogens is 1. The number of amides is 1. The molecule has 0 atom stereocenters. The van der Waals surface area contributed by atoms with Gasteiger partial charge in [-0.25, -0.2) is 10.4 Å². The predicted molar refractivity (Wildman–Crippen MR) is 110 cm³/mol. The fourth-order valence-corrected chi connectivity index (χ4v) is 4.42. The van der Waals surface area contributed by atoms with Crippen LogP contribution in [-0.2, 0) is 4.79 Å². The number of benzene rings is 2. The van der Waals surface area contributed by atoms with Gasteiger partial charge in [0.2, 0.25) is 6.79 Å². The van der Waals surface area contributed by atoms with Gasteiger partial charge in [-0.15, -0.1) is 11.3 Å². The maximum atomic E-state index is 12.0. The van der Waals surface area contributed by atoms with E-state index in [0.717, 1.165) is 25.9 Å². The van der Waals surface area contributed by atoms with Gasteiger partial charge in [0, 0.05) is 0 Å². The van der Waals surface area contributed by atoms with E-state index in [1.165, 1.54) is 23.1 Å². The van der Waals surface area contributed by atoms with Crippen molar-refractivity contribution in [3.05, 3.63) is 42.0 Å². The summed E-state index contributed by atoms with van der Waals surface area (Å²) in [7, 11) is 0. The molecule has 0 saturated carbocycles. The molecule has 0 bridgehead atoms. The number of thiazole rings is 1. The number of hydrogen-bond donors (Lipinski definition) is 1. The summed E-state index contributed by atoms with van der Waals surface area (Å²) in [6.45, 7) is 2.80. The van der Waals surface area contributed by atoms with Crippen LogP contribution in [0.2, 0.25) is 0 Å². The Hall–Kier alpha value is -2.78. The van der Waals surface area contributed by atoms with Crippen LogP contribution in [-0.4, -0.2) is 36.3 Å². The molecule has 3 aromatic rings. The van der Waals surface area contributed by atoms with Crippen molar-refractivity contribution in [2.45, 2.75) is 11.3 Å². The fraction of sp³-hybridized carbons (Fsp3) is 0.211. The van der Waals surface area contributed by atoms with E-state index in [2.05, 4.69) is 15.5 Å². The van der Waals surface area contributed by atoms with Crippen LogP contribution in [0.25, 0.3) is 10.2 Å². The highest BCUT2D eigenvalue weighted by Gasteiger charge is 2.12. The summed E-state index contributed by atoms with van der Waals surface area (Å²) >= 11 is 2.92. The average Bonchev–Trinajstić information content (AvgIpc) is 3.32. The van der Waals surface area contributed by atoms with Crippen LogP contribution in [0.1, 0.15) is 12.5 Å². The smallest absolute Gasteiger partial charge is 0.250 e. The molecule has 4 rings (SSSR count). The van der Waals surface area contributed by atoms with Gasteiger partial charge in [-0.1, -0.05) is 11.8 Å². The number of fused-ring (bicyclic) bond motifs is 2. The topological polar surface area (TPSA) is 82.0 Å². The van der Waals surface area contributed by atoms with E-state index in [1.54, 1.807) is 6.21 Å². The monoisotopic (exact) mass is 415 g/mol. The third-order valence-corrected chi connectivity index (χ3v) is 5.94. The molecule has 0 radical (unpaired) electrons. The first-order chi connectivity index (χ1) is 13.7. The molecule has 0 spiro atoms. The van der Waals surface area contributed by atoms with Gasteiger partial charge in [0.1, 0.15) is 5.75 Å². The van der Waals surface area contributed by atoms with Gasteiger partial charge in [0.15, 0.2) is 15.8 Å². The maximum absolute atomic E-state index is 12.0. The highest BCUT2D eigenvalue weighted by atomic mass is 32.2. The fourth-order valence-electron chi connectivity index (χ4n) is 2.53. The average molecular weight is 415 g/mol. The van der Waals surface area contributed by atoms with Gasteiger partial charge in [-0.3, -0.25) is 4.79 Å². The Labute approximate surface area is 169 Å². The van der Waals surface area contributed by atoms with Crippen LogP contribution < -0.4 is 19.6 Å². The molecule has 1 aromatic heterocycles. The second kappa shape index (κ2) is 8.49. The van der Waals surface area contributed by atoms with Crippen molar-refractivity contribution in [1.82, 2.24) is 10.4 Å². The van der Waals surface area contributed by atoms with E-state index >= 15 is 0 Å². The number of nitrogens with one attached hydrogen (secondary N) is 1. The molecule has 144 valence electrons. The second-order valence-corrected chi connectivity index (χ2v) is 7.99.